The van der Waals surface area contributed by atoms with Crippen LogP contribution in [-0.2, 0) is 6.54 Å². The third kappa shape index (κ3) is 4.57. The second-order valence-electron chi connectivity index (χ2n) is 7.06. The summed E-state index contributed by atoms with van der Waals surface area (Å²) in [4.78, 5) is 17.0. The van der Waals surface area contributed by atoms with Crippen molar-refractivity contribution in [3.63, 3.8) is 0 Å². The van der Waals surface area contributed by atoms with Crippen LogP contribution in [0.25, 0.3) is 11.3 Å². The molecule has 2 aromatic heterocycles. The fraction of sp³-hybridized carbons (Fsp3) is 0.182. The van der Waals surface area contributed by atoms with Crippen molar-refractivity contribution in [1.29, 1.82) is 0 Å². The van der Waals surface area contributed by atoms with Gasteiger partial charge < -0.3 is 0 Å². The monoisotopic (exact) mass is 403 g/mol. The fourth-order valence-electron chi connectivity index (χ4n) is 2.91. The summed E-state index contributed by atoms with van der Waals surface area (Å²) in [5, 5.41) is 13.3. The number of anilines is 1. The van der Waals surface area contributed by atoms with Gasteiger partial charge in [0.05, 0.1) is 18.4 Å². The molecule has 1 N–H and O–H groups in total. The highest BCUT2D eigenvalue weighted by Gasteiger charge is 2.14. The summed E-state index contributed by atoms with van der Waals surface area (Å²) < 4.78 is 1.65. The van der Waals surface area contributed by atoms with Gasteiger partial charge in [0.25, 0.3) is 5.91 Å². The molecule has 0 fully saturated rings. The summed E-state index contributed by atoms with van der Waals surface area (Å²) in [5.74, 6) is 0.171. The van der Waals surface area contributed by atoms with Crippen molar-refractivity contribution >= 4 is 22.4 Å². The molecule has 0 saturated heterocycles. The SMILES string of the molecule is CC(C)c1ccc(-c2csc(NC(=O)c3cn(Cc4ccccc4)nn3)n2)cc1. The predicted molar refractivity (Wildman–Crippen MR) is 115 cm³/mol. The molecule has 0 bridgehead atoms. The first-order valence-electron chi connectivity index (χ1n) is 9.40. The van der Waals surface area contributed by atoms with E-state index in [1.807, 2.05) is 35.7 Å². The van der Waals surface area contributed by atoms with Crippen LogP contribution in [-0.4, -0.2) is 25.9 Å². The maximum absolute atomic E-state index is 12.5. The van der Waals surface area contributed by atoms with E-state index >= 15 is 0 Å². The van der Waals surface area contributed by atoms with Crippen molar-refractivity contribution in [3.05, 3.63) is 83.0 Å². The van der Waals surface area contributed by atoms with E-state index in [1.54, 1.807) is 10.9 Å². The molecule has 4 rings (SSSR count). The maximum Gasteiger partial charge on any atom is 0.279 e. The maximum atomic E-state index is 12.5. The van der Waals surface area contributed by atoms with Crippen LogP contribution in [0.3, 0.4) is 0 Å². The Bertz CT molecular complexity index is 1100. The van der Waals surface area contributed by atoms with Gasteiger partial charge >= 0.3 is 0 Å². The normalized spacial score (nSPS) is 11.0. The summed E-state index contributed by atoms with van der Waals surface area (Å²) in [6.07, 6.45) is 1.64. The highest BCUT2D eigenvalue weighted by Crippen LogP contribution is 2.26. The Labute approximate surface area is 173 Å². The average Bonchev–Trinajstić information content (AvgIpc) is 3.39. The van der Waals surface area contributed by atoms with Gasteiger partial charge in [-0.3, -0.25) is 10.1 Å². The van der Waals surface area contributed by atoms with E-state index in [2.05, 4.69) is 58.7 Å². The zero-order valence-electron chi connectivity index (χ0n) is 16.2. The molecule has 6 nitrogen and oxygen atoms in total. The average molecular weight is 404 g/mol. The van der Waals surface area contributed by atoms with Gasteiger partial charge in [-0.05, 0) is 17.0 Å². The van der Waals surface area contributed by atoms with Gasteiger partial charge in [-0.25, -0.2) is 9.67 Å². The van der Waals surface area contributed by atoms with Crippen LogP contribution in [0.2, 0.25) is 0 Å². The predicted octanol–water partition coefficient (Wildman–Crippen LogP) is 4.83. The van der Waals surface area contributed by atoms with E-state index < -0.39 is 0 Å². The molecule has 0 atom stereocenters. The van der Waals surface area contributed by atoms with Crippen molar-refractivity contribution in [2.75, 3.05) is 5.32 Å². The van der Waals surface area contributed by atoms with Crippen molar-refractivity contribution in [3.8, 4) is 11.3 Å². The highest BCUT2D eigenvalue weighted by molar-refractivity contribution is 7.14. The van der Waals surface area contributed by atoms with E-state index in [-0.39, 0.29) is 11.6 Å². The topological polar surface area (TPSA) is 72.7 Å². The van der Waals surface area contributed by atoms with E-state index in [0.717, 1.165) is 16.8 Å². The van der Waals surface area contributed by atoms with E-state index in [0.29, 0.717) is 17.6 Å². The van der Waals surface area contributed by atoms with Crippen LogP contribution in [0.5, 0.6) is 0 Å². The molecule has 0 aliphatic heterocycles. The number of nitrogens with zero attached hydrogens (tertiary/aromatic N) is 4. The van der Waals surface area contributed by atoms with Gasteiger partial charge in [-0.1, -0.05) is 73.7 Å². The second kappa shape index (κ2) is 8.36. The molecule has 0 aliphatic rings. The number of carbonyl (C=O) groups excluding carboxylic acids is 1. The van der Waals surface area contributed by atoms with Crippen LogP contribution in [0, 0.1) is 0 Å². The Balaban J connectivity index is 1.41. The first-order valence-corrected chi connectivity index (χ1v) is 10.3. The fourth-order valence-corrected chi connectivity index (χ4v) is 3.63. The smallest absolute Gasteiger partial charge is 0.279 e. The van der Waals surface area contributed by atoms with Crippen LogP contribution in [0.4, 0.5) is 5.13 Å². The molecule has 2 aromatic carbocycles. The molecule has 146 valence electrons. The van der Waals surface area contributed by atoms with E-state index in [4.69, 9.17) is 0 Å². The second-order valence-corrected chi connectivity index (χ2v) is 7.91. The number of hydrogen-bond acceptors (Lipinski definition) is 5. The molecule has 0 saturated carbocycles. The molecular weight excluding hydrogens is 382 g/mol. The summed E-state index contributed by atoms with van der Waals surface area (Å²) in [6.45, 7) is 4.90. The van der Waals surface area contributed by atoms with Gasteiger partial charge in [-0.2, -0.15) is 0 Å². The minimum Gasteiger partial charge on any atom is -0.296 e. The van der Waals surface area contributed by atoms with Gasteiger partial charge in [0, 0.05) is 10.9 Å². The summed E-state index contributed by atoms with van der Waals surface area (Å²) in [6, 6.07) is 18.3. The number of carbonyl (C=O) groups is 1. The number of rotatable bonds is 6. The molecule has 0 aliphatic carbocycles. The highest BCUT2D eigenvalue weighted by atomic mass is 32.1. The molecule has 1 amide bonds. The summed E-state index contributed by atoms with van der Waals surface area (Å²) in [7, 11) is 0. The van der Waals surface area contributed by atoms with E-state index in [1.165, 1.54) is 16.9 Å². The molecule has 4 aromatic rings. The Morgan fingerprint density at radius 2 is 1.86 bits per heavy atom. The largest absolute Gasteiger partial charge is 0.296 e. The van der Waals surface area contributed by atoms with Gasteiger partial charge in [0.1, 0.15) is 0 Å². The van der Waals surface area contributed by atoms with Crippen molar-refractivity contribution < 1.29 is 4.79 Å². The van der Waals surface area contributed by atoms with Gasteiger partial charge in [0.15, 0.2) is 10.8 Å². The lowest BCUT2D eigenvalue weighted by Gasteiger charge is -2.05. The van der Waals surface area contributed by atoms with Gasteiger partial charge in [0.2, 0.25) is 0 Å². The quantitative estimate of drug-likeness (QED) is 0.501. The third-order valence-corrected chi connectivity index (χ3v) is 5.31. The number of hydrogen-bond donors (Lipinski definition) is 1. The molecule has 0 spiro atoms. The number of nitrogens with one attached hydrogen (secondary N) is 1. The standard InChI is InChI=1S/C22H21N5OS/c1-15(2)17-8-10-18(11-9-17)20-14-29-22(23-20)24-21(28)19-13-27(26-25-19)12-16-6-4-3-5-7-16/h3-11,13-15H,12H2,1-2H3,(H,23,24,28). The Hall–Kier alpha value is -3.32. The molecular formula is C22H21N5OS. The molecule has 0 radical (unpaired) electrons. The van der Waals surface area contributed by atoms with Crippen LogP contribution in [0.15, 0.2) is 66.2 Å². The van der Waals surface area contributed by atoms with Crippen LogP contribution < -0.4 is 5.32 Å². The zero-order chi connectivity index (χ0) is 20.2. The van der Waals surface area contributed by atoms with Crippen molar-refractivity contribution in [2.45, 2.75) is 26.3 Å². The minimum atomic E-state index is -0.319. The number of benzene rings is 2. The van der Waals surface area contributed by atoms with Crippen LogP contribution >= 0.6 is 11.3 Å². The third-order valence-electron chi connectivity index (χ3n) is 4.56. The first kappa shape index (κ1) is 19.0. The minimum absolute atomic E-state index is 0.263. The Kier molecular flexibility index (Phi) is 5.48. The lowest BCUT2D eigenvalue weighted by molar-refractivity contribution is 0.102. The number of aromatic nitrogens is 4. The first-order chi connectivity index (χ1) is 14.1. The lowest BCUT2D eigenvalue weighted by Crippen LogP contribution is -2.12. The zero-order valence-corrected chi connectivity index (χ0v) is 17.1. The lowest BCUT2D eigenvalue weighted by atomic mass is 10.0. The Morgan fingerprint density at radius 1 is 1.10 bits per heavy atom. The summed E-state index contributed by atoms with van der Waals surface area (Å²) >= 11 is 1.39. The van der Waals surface area contributed by atoms with Crippen molar-refractivity contribution in [2.24, 2.45) is 0 Å². The van der Waals surface area contributed by atoms with Crippen LogP contribution in [0.1, 0.15) is 41.4 Å². The van der Waals surface area contributed by atoms with Gasteiger partial charge in [-0.15, -0.1) is 16.4 Å². The van der Waals surface area contributed by atoms with E-state index in [9.17, 15) is 4.79 Å². The number of thiazole rings is 1. The summed E-state index contributed by atoms with van der Waals surface area (Å²) in [5.41, 5.74) is 4.51. The molecule has 0 unspecified atom stereocenters. The molecule has 29 heavy (non-hydrogen) atoms. The number of amides is 1. The molecule has 2 heterocycles. The van der Waals surface area contributed by atoms with Crippen molar-refractivity contribution in [1.82, 2.24) is 20.0 Å². The molecule has 7 heteroatoms. The Morgan fingerprint density at radius 3 is 2.59 bits per heavy atom.